The molecule has 4 aromatic heterocycles. The Hall–Kier alpha value is -3.03. The summed E-state index contributed by atoms with van der Waals surface area (Å²) in [6.07, 6.45) is 10.0. The molecule has 1 saturated heterocycles. The number of hydrogen-bond donors (Lipinski definition) is 0. The van der Waals surface area contributed by atoms with Gasteiger partial charge in [0.1, 0.15) is 5.65 Å². The molecular weight excluding hydrogens is 386 g/mol. The fourth-order valence-electron chi connectivity index (χ4n) is 4.34. The molecule has 0 bridgehead atoms. The van der Waals surface area contributed by atoms with E-state index in [2.05, 4.69) is 75.8 Å². The summed E-state index contributed by atoms with van der Waals surface area (Å²) in [5.41, 5.74) is 5.65. The Labute approximate surface area is 183 Å². The molecule has 1 fully saturated rings. The molecule has 31 heavy (non-hydrogen) atoms. The minimum atomic E-state index is 0.263. The number of aromatic nitrogens is 5. The first-order valence-electron chi connectivity index (χ1n) is 10.9. The Morgan fingerprint density at radius 3 is 2.68 bits per heavy atom. The standard InChI is InChI=1S/C24H29N7/c1-18(2)31-15-19(13-26-31)14-29-12-11-28(3)23(17-29)21-16-30-22(5-4-6-24(30)27-21)20-7-9-25-10-8-20/h4-10,13,15-16,18,23H,11-12,14,17H2,1-3H3. The lowest BCUT2D eigenvalue weighted by Gasteiger charge is -2.38. The lowest BCUT2D eigenvalue weighted by Crippen LogP contribution is -2.46. The number of nitrogens with zero attached hydrogens (tertiary/aromatic N) is 7. The fraction of sp³-hybridized carbons (Fsp3) is 0.375. The second kappa shape index (κ2) is 8.24. The molecule has 0 aromatic carbocycles. The number of hydrogen-bond acceptors (Lipinski definition) is 5. The monoisotopic (exact) mass is 415 g/mol. The van der Waals surface area contributed by atoms with Gasteiger partial charge in [-0.2, -0.15) is 5.10 Å². The van der Waals surface area contributed by atoms with Crippen LogP contribution < -0.4 is 0 Å². The van der Waals surface area contributed by atoms with Crippen molar-refractivity contribution in [3.05, 3.63) is 72.6 Å². The minimum absolute atomic E-state index is 0.263. The van der Waals surface area contributed by atoms with E-state index in [1.165, 1.54) is 5.56 Å². The third-order valence-corrected chi connectivity index (χ3v) is 6.15. The van der Waals surface area contributed by atoms with E-state index in [-0.39, 0.29) is 6.04 Å². The Morgan fingerprint density at radius 2 is 1.90 bits per heavy atom. The van der Waals surface area contributed by atoms with Gasteiger partial charge in [0.25, 0.3) is 0 Å². The van der Waals surface area contributed by atoms with E-state index in [0.29, 0.717) is 6.04 Å². The maximum atomic E-state index is 5.00. The molecular formula is C24H29N7. The molecule has 1 aliphatic heterocycles. The van der Waals surface area contributed by atoms with E-state index >= 15 is 0 Å². The van der Waals surface area contributed by atoms with Crippen LogP contribution in [0.5, 0.6) is 0 Å². The molecule has 0 radical (unpaired) electrons. The van der Waals surface area contributed by atoms with Crippen molar-refractivity contribution in [3.63, 3.8) is 0 Å². The van der Waals surface area contributed by atoms with Crippen LogP contribution in [0.2, 0.25) is 0 Å². The van der Waals surface area contributed by atoms with Gasteiger partial charge in [-0.25, -0.2) is 4.98 Å². The van der Waals surface area contributed by atoms with Crippen LogP contribution in [-0.2, 0) is 6.54 Å². The van der Waals surface area contributed by atoms with Crippen molar-refractivity contribution in [2.24, 2.45) is 0 Å². The lowest BCUT2D eigenvalue weighted by atomic mass is 10.1. The van der Waals surface area contributed by atoms with E-state index in [1.807, 2.05) is 35.4 Å². The maximum Gasteiger partial charge on any atom is 0.137 e. The zero-order chi connectivity index (χ0) is 21.4. The van der Waals surface area contributed by atoms with Crippen molar-refractivity contribution >= 4 is 5.65 Å². The molecule has 160 valence electrons. The number of rotatable bonds is 5. The number of piperazine rings is 1. The van der Waals surface area contributed by atoms with E-state index < -0.39 is 0 Å². The molecule has 1 aliphatic rings. The first kappa shape index (κ1) is 19.9. The Bertz CT molecular complexity index is 1160. The third kappa shape index (κ3) is 3.98. The Balaban J connectivity index is 1.40. The first-order valence-corrected chi connectivity index (χ1v) is 10.9. The van der Waals surface area contributed by atoms with Crippen LogP contribution in [-0.4, -0.2) is 60.6 Å². The van der Waals surface area contributed by atoms with E-state index in [1.54, 1.807) is 0 Å². The molecule has 0 spiro atoms. The van der Waals surface area contributed by atoms with E-state index in [4.69, 9.17) is 4.98 Å². The van der Waals surface area contributed by atoms with Crippen LogP contribution in [0, 0.1) is 0 Å². The van der Waals surface area contributed by atoms with Gasteiger partial charge >= 0.3 is 0 Å². The van der Waals surface area contributed by atoms with Crippen LogP contribution >= 0.6 is 0 Å². The van der Waals surface area contributed by atoms with Crippen LogP contribution in [0.15, 0.2) is 61.3 Å². The quantitative estimate of drug-likeness (QED) is 0.498. The van der Waals surface area contributed by atoms with E-state index in [9.17, 15) is 0 Å². The van der Waals surface area contributed by atoms with Gasteiger partial charge in [-0.3, -0.25) is 23.9 Å². The first-order chi connectivity index (χ1) is 15.1. The maximum absolute atomic E-state index is 5.00. The number of imidazole rings is 1. The molecule has 0 aliphatic carbocycles. The second-order valence-electron chi connectivity index (χ2n) is 8.69. The molecule has 7 heteroatoms. The molecule has 5 heterocycles. The SMILES string of the molecule is CC(C)n1cc(CN2CCN(C)C(c3cn4c(-c5ccncc5)cccc4n3)C2)cn1. The largest absolute Gasteiger partial charge is 0.299 e. The number of likely N-dealkylation sites (N-methyl/N-ethyl adjacent to an activating group) is 1. The second-order valence-corrected chi connectivity index (χ2v) is 8.69. The van der Waals surface area contributed by atoms with Crippen LogP contribution in [0.3, 0.4) is 0 Å². The fourth-order valence-corrected chi connectivity index (χ4v) is 4.34. The van der Waals surface area contributed by atoms with Gasteiger partial charge in [0.2, 0.25) is 0 Å². The topological polar surface area (TPSA) is 54.5 Å². The number of pyridine rings is 2. The highest BCUT2D eigenvalue weighted by Gasteiger charge is 2.28. The van der Waals surface area contributed by atoms with Crippen molar-refractivity contribution in [1.29, 1.82) is 0 Å². The van der Waals surface area contributed by atoms with E-state index in [0.717, 1.165) is 48.8 Å². The summed E-state index contributed by atoms with van der Waals surface area (Å²) in [5, 5.41) is 4.50. The van der Waals surface area contributed by atoms with Gasteiger partial charge in [0.15, 0.2) is 0 Å². The highest BCUT2D eigenvalue weighted by Crippen LogP contribution is 2.27. The highest BCUT2D eigenvalue weighted by atomic mass is 15.3. The molecule has 0 amide bonds. The molecule has 1 unspecified atom stereocenters. The summed E-state index contributed by atoms with van der Waals surface area (Å²) in [7, 11) is 2.20. The summed E-state index contributed by atoms with van der Waals surface area (Å²) in [5.74, 6) is 0. The van der Waals surface area contributed by atoms with Gasteiger partial charge in [0.05, 0.1) is 23.6 Å². The third-order valence-electron chi connectivity index (χ3n) is 6.15. The lowest BCUT2D eigenvalue weighted by molar-refractivity contribution is 0.0885. The summed E-state index contributed by atoms with van der Waals surface area (Å²) in [6, 6.07) is 11.0. The van der Waals surface area contributed by atoms with Crippen molar-refractivity contribution in [1.82, 2.24) is 33.9 Å². The smallest absolute Gasteiger partial charge is 0.137 e. The van der Waals surface area contributed by atoms with Crippen LogP contribution in [0.1, 0.15) is 37.2 Å². The zero-order valence-corrected chi connectivity index (χ0v) is 18.4. The Morgan fingerprint density at radius 1 is 1.06 bits per heavy atom. The molecule has 5 rings (SSSR count). The minimum Gasteiger partial charge on any atom is -0.299 e. The predicted molar refractivity (Wildman–Crippen MR) is 122 cm³/mol. The average Bonchev–Trinajstić information content (AvgIpc) is 3.42. The molecule has 0 N–H and O–H groups in total. The van der Waals surface area contributed by atoms with Crippen LogP contribution in [0.4, 0.5) is 0 Å². The predicted octanol–water partition coefficient (Wildman–Crippen LogP) is 3.66. The van der Waals surface area contributed by atoms with Gasteiger partial charge in [-0.1, -0.05) is 6.07 Å². The Kier molecular flexibility index (Phi) is 5.29. The molecule has 4 aromatic rings. The average molecular weight is 416 g/mol. The summed E-state index contributed by atoms with van der Waals surface area (Å²) in [4.78, 5) is 14.1. The van der Waals surface area contributed by atoms with Crippen LogP contribution in [0.25, 0.3) is 16.9 Å². The van der Waals surface area contributed by atoms with Gasteiger partial charge < -0.3 is 0 Å². The van der Waals surface area contributed by atoms with Crippen molar-refractivity contribution in [2.45, 2.75) is 32.5 Å². The summed E-state index contributed by atoms with van der Waals surface area (Å²) >= 11 is 0. The highest BCUT2D eigenvalue weighted by molar-refractivity contribution is 5.63. The molecule has 1 atom stereocenters. The number of fused-ring (bicyclic) bond motifs is 1. The van der Waals surface area contributed by atoms with Crippen molar-refractivity contribution in [3.8, 4) is 11.3 Å². The molecule has 7 nitrogen and oxygen atoms in total. The van der Waals surface area contributed by atoms with Gasteiger partial charge in [-0.05, 0) is 45.2 Å². The van der Waals surface area contributed by atoms with Gasteiger partial charge in [-0.15, -0.1) is 0 Å². The zero-order valence-electron chi connectivity index (χ0n) is 18.4. The van der Waals surface area contributed by atoms with Gasteiger partial charge in [0, 0.05) is 68.1 Å². The van der Waals surface area contributed by atoms with Crippen molar-refractivity contribution < 1.29 is 0 Å². The summed E-state index contributed by atoms with van der Waals surface area (Å²) in [6.45, 7) is 8.27. The van der Waals surface area contributed by atoms with Crippen molar-refractivity contribution in [2.75, 3.05) is 26.7 Å². The molecule has 0 saturated carbocycles. The normalized spacial score (nSPS) is 18.3. The summed E-state index contributed by atoms with van der Waals surface area (Å²) < 4.78 is 4.23.